The summed E-state index contributed by atoms with van der Waals surface area (Å²) in [6.07, 6.45) is 4.64. The molecule has 0 bridgehead atoms. The van der Waals surface area contributed by atoms with Crippen molar-refractivity contribution in [2.24, 2.45) is 7.05 Å². The third-order valence-corrected chi connectivity index (χ3v) is 5.79. The molecule has 0 aliphatic carbocycles. The second-order valence-corrected chi connectivity index (χ2v) is 9.63. The van der Waals surface area contributed by atoms with Gasteiger partial charge >= 0.3 is 0 Å². The number of aryl methyl sites for hydroxylation is 3. The lowest BCUT2D eigenvalue weighted by molar-refractivity contribution is 0.102. The fourth-order valence-electron chi connectivity index (χ4n) is 3.77. The molecule has 2 aromatic heterocycles. The minimum atomic E-state index is -3.41. The normalized spacial score (nSPS) is 11.5. The standard InChI is InChI=1S/C22H24N6O4S/c1-12-6-15(27-33(5,30)31)7-13(2)20(12)24-22(29)17-8-16-18(9-19(17)32-4)25-26-21(16)14-10-23-28(3)11-14/h6-11,27H,1-5H3,(H,24,29)(H,25,26). The summed E-state index contributed by atoms with van der Waals surface area (Å²) in [6.45, 7) is 3.60. The Labute approximate surface area is 191 Å². The molecular formula is C22H24N6O4S. The largest absolute Gasteiger partial charge is 0.496 e. The Balaban J connectivity index is 1.72. The molecule has 10 nitrogen and oxygen atoms in total. The van der Waals surface area contributed by atoms with Gasteiger partial charge in [0.1, 0.15) is 11.4 Å². The predicted molar refractivity (Wildman–Crippen MR) is 127 cm³/mol. The van der Waals surface area contributed by atoms with Crippen molar-refractivity contribution in [3.05, 3.63) is 53.3 Å². The van der Waals surface area contributed by atoms with Crippen molar-refractivity contribution in [3.63, 3.8) is 0 Å². The lowest BCUT2D eigenvalue weighted by Gasteiger charge is -2.15. The number of carbonyl (C=O) groups is 1. The number of benzene rings is 2. The highest BCUT2D eigenvalue weighted by Gasteiger charge is 2.20. The molecular weight excluding hydrogens is 444 g/mol. The number of anilines is 2. The van der Waals surface area contributed by atoms with E-state index in [1.165, 1.54) is 7.11 Å². The van der Waals surface area contributed by atoms with Gasteiger partial charge in [0.15, 0.2) is 0 Å². The average molecular weight is 469 g/mol. The molecule has 3 N–H and O–H groups in total. The number of aromatic amines is 1. The van der Waals surface area contributed by atoms with Gasteiger partial charge in [-0.2, -0.15) is 10.2 Å². The first-order valence-electron chi connectivity index (χ1n) is 10.0. The first-order chi connectivity index (χ1) is 15.6. The molecule has 2 heterocycles. The molecule has 33 heavy (non-hydrogen) atoms. The molecule has 0 fully saturated rings. The van der Waals surface area contributed by atoms with Crippen molar-refractivity contribution in [1.29, 1.82) is 0 Å². The smallest absolute Gasteiger partial charge is 0.259 e. The van der Waals surface area contributed by atoms with Gasteiger partial charge in [-0.15, -0.1) is 0 Å². The third-order valence-electron chi connectivity index (χ3n) is 5.18. The van der Waals surface area contributed by atoms with E-state index in [4.69, 9.17) is 4.74 Å². The summed E-state index contributed by atoms with van der Waals surface area (Å²) in [5.41, 5.74) is 5.03. The van der Waals surface area contributed by atoms with Crippen molar-refractivity contribution in [1.82, 2.24) is 20.0 Å². The summed E-state index contributed by atoms with van der Waals surface area (Å²) >= 11 is 0. The van der Waals surface area contributed by atoms with Crippen LogP contribution in [0.4, 0.5) is 11.4 Å². The minimum absolute atomic E-state index is 0.341. The summed E-state index contributed by atoms with van der Waals surface area (Å²) in [7, 11) is -0.0885. The zero-order chi connectivity index (χ0) is 23.9. The number of ether oxygens (including phenoxy) is 1. The van der Waals surface area contributed by atoms with E-state index in [0.29, 0.717) is 39.5 Å². The molecule has 0 atom stereocenters. The molecule has 2 aromatic carbocycles. The molecule has 0 spiro atoms. The highest BCUT2D eigenvalue weighted by molar-refractivity contribution is 7.92. The molecule has 4 rings (SSSR count). The van der Waals surface area contributed by atoms with Crippen molar-refractivity contribution in [2.75, 3.05) is 23.4 Å². The maximum Gasteiger partial charge on any atom is 0.259 e. The topological polar surface area (TPSA) is 131 Å². The Morgan fingerprint density at radius 2 is 1.85 bits per heavy atom. The summed E-state index contributed by atoms with van der Waals surface area (Å²) in [5.74, 6) is 0.0363. The number of nitrogens with zero attached hydrogens (tertiary/aromatic N) is 3. The molecule has 0 saturated carbocycles. The highest BCUT2D eigenvalue weighted by atomic mass is 32.2. The Morgan fingerprint density at radius 1 is 1.15 bits per heavy atom. The van der Waals surface area contributed by atoms with Crippen LogP contribution in [0, 0.1) is 13.8 Å². The predicted octanol–water partition coefficient (Wildman–Crippen LogP) is 3.21. The molecule has 172 valence electrons. The van der Waals surface area contributed by atoms with Crippen LogP contribution in [0.1, 0.15) is 21.5 Å². The minimum Gasteiger partial charge on any atom is -0.496 e. The van der Waals surface area contributed by atoms with Crippen LogP contribution in [-0.2, 0) is 17.1 Å². The molecule has 0 unspecified atom stereocenters. The van der Waals surface area contributed by atoms with Gasteiger partial charge in [0, 0.05) is 41.6 Å². The number of hydrogen-bond donors (Lipinski definition) is 3. The molecule has 0 radical (unpaired) electrons. The zero-order valence-electron chi connectivity index (χ0n) is 18.8. The Morgan fingerprint density at radius 3 is 2.42 bits per heavy atom. The SMILES string of the molecule is COc1cc2[nH]nc(-c3cnn(C)c3)c2cc1C(=O)Nc1c(C)cc(NS(C)(=O)=O)cc1C. The molecule has 0 saturated heterocycles. The number of rotatable bonds is 6. The van der Waals surface area contributed by atoms with Crippen LogP contribution >= 0.6 is 0 Å². The fourth-order valence-corrected chi connectivity index (χ4v) is 4.32. The number of aromatic nitrogens is 4. The third kappa shape index (κ3) is 4.53. The lowest BCUT2D eigenvalue weighted by atomic mass is 10.0. The quantitative estimate of drug-likeness (QED) is 0.398. The van der Waals surface area contributed by atoms with E-state index in [1.54, 1.807) is 49.0 Å². The van der Waals surface area contributed by atoms with Crippen LogP contribution < -0.4 is 14.8 Å². The molecule has 0 aliphatic rings. The van der Waals surface area contributed by atoms with E-state index >= 15 is 0 Å². The van der Waals surface area contributed by atoms with Gasteiger partial charge in [0.05, 0.1) is 30.6 Å². The molecule has 0 aliphatic heterocycles. The van der Waals surface area contributed by atoms with Crippen molar-refractivity contribution < 1.29 is 17.9 Å². The average Bonchev–Trinajstić information content (AvgIpc) is 3.33. The van der Waals surface area contributed by atoms with E-state index < -0.39 is 10.0 Å². The Bertz CT molecular complexity index is 1460. The molecule has 11 heteroatoms. The molecule has 1 amide bonds. The van der Waals surface area contributed by atoms with E-state index in [2.05, 4.69) is 25.3 Å². The van der Waals surface area contributed by atoms with Gasteiger partial charge in [-0.3, -0.25) is 19.3 Å². The number of sulfonamides is 1. The number of carbonyl (C=O) groups excluding carboxylic acids is 1. The number of nitrogens with one attached hydrogen (secondary N) is 3. The maximum absolute atomic E-state index is 13.3. The van der Waals surface area contributed by atoms with E-state index in [1.807, 2.05) is 13.2 Å². The fraction of sp³-hybridized carbons (Fsp3) is 0.227. The van der Waals surface area contributed by atoms with Crippen LogP contribution in [0.3, 0.4) is 0 Å². The van der Waals surface area contributed by atoms with Crippen molar-refractivity contribution >= 4 is 38.2 Å². The Kier molecular flexibility index (Phi) is 5.58. The first kappa shape index (κ1) is 22.3. The summed E-state index contributed by atoms with van der Waals surface area (Å²) < 4.78 is 32.7. The van der Waals surface area contributed by atoms with Crippen LogP contribution in [0.15, 0.2) is 36.7 Å². The van der Waals surface area contributed by atoms with Gasteiger partial charge in [-0.05, 0) is 43.2 Å². The number of H-pyrrole nitrogens is 1. The van der Waals surface area contributed by atoms with Crippen LogP contribution in [-0.4, -0.2) is 47.7 Å². The Hall–Kier alpha value is -3.86. The number of hydrogen-bond acceptors (Lipinski definition) is 6. The summed E-state index contributed by atoms with van der Waals surface area (Å²) in [5, 5.41) is 15.2. The van der Waals surface area contributed by atoms with E-state index in [-0.39, 0.29) is 5.91 Å². The lowest BCUT2D eigenvalue weighted by Crippen LogP contribution is -2.16. The highest BCUT2D eigenvalue weighted by Crippen LogP contribution is 2.33. The van der Waals surface area contributed by atoms with Gasteiger partial charge < -0.3 is 10.1 Å². The van der Waals surface area contributed by atoms with E-state index in [0.717, 1.165) is 22.7 Å². The monoisotopic (exact) mass is 468 g/mol. The van der Waals surface area contributed by atoms with Gasteiger partial charge in [0.2, 0.25) is 10.0 Å². The number of amides is 1. The molecule has 4 aromatic rings. The van der Waals surface area contributed by atoms with Crippen molar-refractivity contribution in [3.8, 4) is 17.0 Å². The number of methoxy groups -OCH3 is 1. The second-order valence-electron chi connectivity index (χ2n) is 7.89. The van der Waals surface area contributed by atoms with E-state index in [9.17, 15) is 13.2 Å². The van der Waals surface area contributed by atoms with Crippen LogP contribution in [0.25, 0.3) is 22.2 Å². The zero-order valence-corrected chi connectivity index (χ0v) is 19.7. The van der Waals surface area contributed by atoms with Gasteiger partial charge in [-0.1, -0.05) is 0 Å². The maximum atomic E-state index is 13.3. The summed E-state index contributed by atoms with van der Waals surface area (Å²) in [6, 6.07) is 6.80. The van der Waals surface area contributed by atoms with Crippen LogP contribution in [0.5, 0.6) is 5.75 Å². The number of fused-ring (bicyclic) bond motifs is 1. The van der Waals surface area contributed by atoms with Gasteiger partial charge in [-0.25, -0.2) is 8.42 Å². The second kappa shape index (κ2) is 8.24. The summed E-state index contributed by atoms with van der Waals surface area (Å²) in [4.78, 5) is 13.3. The van der Waals surface area contributed by atoms with Gasteiger partial charge in [0.25, 0.3) is 5.91 Å². The van der Waals surface area contributed by atoms with Crippen molar-refractivity contribution in [2.45, 2.75) is 13.8 Å². The van der Waals surface area contributed by atoms with Crippen LogP contribution in [0.2, 0.25) is 0 Å². The first-order valence-corrected chi connectivity index (χ1v) is 11.9.